The van der Waals surface area contributed by atoms with Gasteiger partial charge in [0.1, 0.15) is 6.10 Å². The van der Waals surface area contributed by atoms with Gasteiger partial charge in [-0.2, -0.15) is 9.37 Å². The molecule has 0 amide bonds. The van der Waals surface area contributed by atoms with Gasteiger partial charge in [0, 0.05) is 6.54 Å². The van der Waals surface area contributed by atoms with Crippen LogP contribution in [0.25, 0.3) is 0 Å². The fourth-order valence-corrected chi connectivity index (χ4v) is 2.55. The van der Waals surface area contributed by atoms with Gasteiger partial charge in [-0.1, -0.05) is 19.8 Å². The van der Waals surface area contributed by atoms with Gasteiger partial charge < -0.3 is 10.1 Å². The number of halogens is 1. The van der Waals surface area contributed by atoms with Crippen molar-refractivity contribution in [1.82, 2.24) is 9.97 Å². The second kappa shape index (κ2) is 6.68. The van der Waals surface area contributed by atoms with E-state index in [4.69, 9.17) is 4.74 Å². The number of hydrogen-bond acceptors (Lipinski definition) is 4. The molecule has 1 fully saturated rings. The summed E-state index contributed by atoms with van der Waals surface area (Å²) in [5, 5.41) is 2.96. The summed E-state index contributed by atoms with van der Waals surface area (Å²) < 4.78 is 19.4. The van der Waals surface area contributed by atoms with Gasteiger partial charge in [0.25, 0.3) is 5.88 Å². The topological polar surface area (TPSA) is 47.0 Å². The Bertz CT molecular complexity index is 414. The maximum Gasteiger partial charge on any atom is 0.255 e. The molecule has 19 heavy (non-hydrogen) atoms. The number of hydrogen-bond donors (Lipinski definition) is 1. The van der Waals surface area contributed by atoms with E-state index in [0.29, 0.717) is 18.4 Å². The number of aromatic nitrogens is 2. The first-order chi connectivity index (χ1) is 9.22. The Morgan fingerprint density at radius 2 is 2.26 bits per heavy atom. The number of nitrogens with one attached hydrogen (secondary N) is 1. The average Bonchev–Trinajstić information content (AvgIpc) is 2.43. The second-order valence-electron chi connectivity index (χ2n) is 5.06. The highest BCUT2D eigenvalue weighted by Gasteiger charge is 2.23. The Hall–Kier alpha value is -1.39. The van der Waals surface area contributed by atoms with Crippen LogP contribution < -0.4 is 10.1 Å². The predicted octanol–water partition coefficient (Wildman–Crippen LogP) is 3.40. The smallest absolute Gasteiger partial charge is 0.255 e. The van der Waals surface area contributed by atoms with E-state index in [1.807, 2.05) is 6.92 Å². The van der Waals surface area contributed by atoms with Gasteiger partial charge >= 0.3 is 0 Å². The molecule has 1 aliphatic carbocycles. The summed E-state index contributed by atoms with van der Waals surface area (Å²) in [6, 6.07) is 0. The highest BCUT2D eigenvalue weighted by atomic mass is 19.1. The molecule has 2 unspecified atom stereocenters. The highest BCUT2D eigenvalue weighted by molar-refractivity contribution is 5.28. The third kappa shape index (κ3) is 3.78. The van der Waals surface area contributed by atoms with Crippen LogP contribution in [0, 0.1) is 11.7 Å². The summed E-state index contributed by atoms with van der Waals surface area (Å²) in [5.74, 6) is 0.701. The van der Waals surface area contributed by atoms with Crippen LogP contribution in [0.3, 0.4) is 0 Å². The van der Waals surface area contributed by atoms with E-state index in [0.717, 1.165) is 25.7 Å². The minimum absolute atomic E-state index is 0.0766. The third-order valence-electron chi connectivity index (χ3n) is 3.64. The van der Waals surface area contributed by atoms with Crippen molar-refractivity contribution in [3.05, 3.63) is 12.0 Å². The van der Waals surface area contributed by atoms with Crippen LogP contribution in [0.15, 0.2) is 6.20 Å². The average molecular weight is 267 g/mol. The van der Waals surface area contributed by atoms with Crippen molar-refractivity contribution in [2.75, 3.05) is 11.9 Å². The molecule has 5 heteroatoms. The lowest BCUT2D eigenvalue weighted by molar-refractivity contribution is 0.112. The van der Waals surface area contributed by atoms with Crippen LogP contribution in [0.5, 0.6) is 5.88 Å². The van der Waals surface area contributed by atoms with E-state index in [2.05, 4.69) is 22.2 Å². The molecule has 1 saturated carbocycles. The molecule has 4 nitrogen and oxygen atoms in total. The van der Waals surface area contributed by atoms with Gasteiger partial charge in [-0.25, -0.2) is 4.98 Å². The molecule has 0 spiro atoms. The van der Waals surface area contributed by atoms with Crippen LogP contribution in [0.4, 0.5) is 10.3 Å². The molecule has 0 aromatic carbocycles. The molecule has 1 aromatic heterocycles. The number of rotatable bonds is 5. The lowest BCUT2D eigenvalue weighted by atomic mass is 9.85. The molecule has 2 rings (SSSR count). The molecular formula is C14H22FN3O. The molecule has 0 aliphatic heterocycles. The summed E-state index contributed by atoms with van der Waals surface area (Å²) in [4.78, 5) is 7.96. The van der Waals surface area contributed by atoms with Crippen molar-refractivity contribution in [3.63, 3.8) is 0 Å². The lowest BCUT2D eigenvalue weighted by Crippen LogP contribution is -2.26. The summed E-state index contributed by atoms with van der Waals surface area (Å²) in [5.41, 5.74) is 0. The van der Waals surface area contributed by atoms with E-state index in [9.17, 15) is 4.39 Å². The van der Waals surface area contributed by atoms with E-state index >= 15 is 0 Å². The maximum atomic E-state index is 13.7. The van der Waals surface area contributed by atoms with Gasteiger partial charge in [0.2, 0.25) is 11.8 Å². The highest BCUT2D eigenvalue weighted by Crippen LogP contribution is 2.29. The summed E-state index contributed by atoms with van der Waals surface area (Å²) in [6.45, 7) is 4.84. The first-order valence-corrected chi connectivity index (χ1v) is 7.16. The predicted molar refractivity (Wildman–Crippen MR) is 72.8 cm³/mol. The Morgan fingerprint density at radius 1 is 1.42 bits per heavy atom. The van der Waals surface area contributed by atoms with E-state index < -0.39 is 5.82 Å². The lowest BCUT2D eigenvalue weighted by Gasteiger charge is -2.28. The summed E-state index contributed by atoms with van der Waals surface area (Å²) in [6.07, 6.45) is 6.79. The van der Waals surface area contributed by atoms with Crippen LogP contribution in [-0.4, -0.2) is 22.6 Å². The Morgan fingerprint density at radius 3 is 3.00 bits per heavy atom. The normalized spacial score (nSPS) is 23.1. The quantitative estimate of drug-likeness (QED) is 0.888. The van der Waals surface area contributed by atoms with Crippen molar-refractivity contribution in [2.24, 2.45) is 5.92 Å². The first kappa shape index (κ1) is 14.0. The Labute approximate surface area is 113 Å². The first-order valence-electron chi connectivity index (χ1n) is 7.16. The number of ether oxygens (including phenoxy) is 1. The van der Waals surface area contributed by atoms with Crippen LogP contribution >= 0.6 is 0 Å². The van der Waals surface area contributed by atoms with Gasteiger partial charge in [-0.3, -0.25) is 0 Å². The fourth-order valence-electron chi connectivity index (χ4n) is 2.55. The van der Waals surface area contributed by atoms with Gasteiger partial charge in [0.05, 0.1) is 6.20 Å². The number of anilines is 1. The van der Waals surface area contributed by atoms with Crippen molar-refractivity contribution in [1.29, 1.82) is 0 Å². The molecule has 2 atom stereocenters. The monoisotopic (exact) mass is 267 g/mol. The largest absolute Gasteiger partial charge is 0.472 e. The maximum absolute atomic E-state index is 13.7. The minimum atomic E-state index is -0.486. The zero-order valence-corrected chi connectivity index (χ0v) is 11.7. The van der Waals surface area contributed by atoms with E-state index in [1.165, 1.54) is 12.6 Å². The van der Waals surface area contributed by atoms with Crippen LogP contribution in [0.2, 0.25) is 0 Å². The Kier molecular flexibility index (Phi) is 4.93. The zero-order valence-electron chi connectivity index (χ0n) is 11.7. The molecule has 106 valence electrons. The second-order valence-corrected chi connectivity index (χ2v) is 5.06. The van der Waals surface area contributed by atoms with Crippen LogP contribution in [-0.2, 0) is 0 Å². The molecule has 1 N–H and O–H groups in total. The summed E-state index contributed by atoms with van der Waals surface area (Å²) in [7, 11) is 0. The van der Waals surface area contributed by atoms with Gasteiger partial charge in [0.15, 0.2) is 0 Å². The summed E-state index contributed by atoms with van der Waals surface area (Å²) >= 11 is 0. The van der Waals surface area contributed by atoms with Crippen molar-refractivity contribution in [3.8, 4) is 5.88 Å². The van der Waals surface area contributed by atoms with Gasteiger partial charge in [-0.05, 0) is 32.1 Å². The Balaban J connectivity index is 2.03. The van der Waals surface area contributed by atoms with E-state index in [-0.39, 0.29) is 12.0 Å². The van der Waals surface area contributed by atoms with Crippen molar-refractivity contribution in [2.45, 2.75) is 52.1 Å². The van der Waals surface area contributed by atoms with E-state index in [1.54, 1.807) is 0 Å². The third-order valence-corrected chi connectivity index (χ3v) is 3.64. The molecule has 1 heterocycles. The SMILES string of the molecule is CCNc1ncc(F)c(OC2CCCC(CC)C2)n1. The van der Waals surface area contributed by atoms with Crippen LogP contribution in [0.1, 0.15) is 46.0 Å². The van der Waals surface area contributed by atoms with Gasteiger partial charge in [-0.15, -0.1) is 0 Å². The number of nitrogens with zero attached hydrogens (tertiary/aromatic N) is 2. The van der Waals surface area contributed by atoms with Crippen molar-refractivity contribution >= 4 is 5.95 Å². The zero-order chi connectivity index (χ0) is 13.7. The molecule has 1 aromatic rings. The van der Waals surface area contributed by atoms with Crippen molar-refractivity contribution < 1.29 is 9.13 Å². The minimum Gasteiger partial charge on any atom is -0.472 e. The molecule has 0 saturated heterocycles. The fraction of sp³-hybridized carbons (Fsp3) is 0.714. The molecule has 1 aliphatic rings. The molecule has 0 radical (unpaired) electrons. The molecular weight excluding hydrogens is 245 g/mol. The standard InChI is InChI=1S/C14H22FN3O/c1-3-10-6-5-7-11(8-10)19-13-12(15)9-17-14(18-13)16-4-2/h9-11H,3-8H2,1-2H3,(H,16,17,18). The molecule has 0 bridgehead atoms.